The van der Waals surface area contributed by atoms with Crippen molar-refractivity contribution in [3.63, 3.8) is 0 Å². The second-order valence-electron chi connectivity index (χ2n) is 5.20. The van der Waals surface area contributed by atoms with Crippen LogP contribution in [0.2, 0.25) is 0 Å². The number of para-hydroxylation sites is 2. The predicted molar refractivity (Wildman–Crippen MR) is 81.5 cm³/mol. The van der Waals surface area contributed by atoms with Gasteiger partial charge in [0.1, 0.15) is 17.6 Å². The van der Waals surface area contributed by atoms with E-state index < -0.39 is 0 Å². The zero-order chi connectivity index (χ0) is 14.8. The van der Waals surface area contributed by atoms with E-state index in [2.05, 4.69) is 28.3 Å². The molecule has 2 aromatic heterocycles. The van der Waals surface area contributed by atoms with Gasteiger partial charge in [-0.15, -0.1) is 0 Å². The third kappa shape index (κ3) is 2.67. The summed E-state index contributed by atoms with van der Waals surface area (Å²) in [6, 6.07) is 12.2. The van der Waals surface area contributed by atoms with E-state index in [1.807, 2.05) is 48.1 Å². The Balaban J connectivity index is 1.71. The maximum atomic E-state index is 8.96. The number of H-pyrrole nitrogens is 1. The van der Waals surface area contributed by atoms with E-state index in [0.29, 0.717) is 12.2 Å². The third-order valence-corrected chi connectivity index (χ3v) is 3.61. The molecule has 0 saturated carbocycles. The Morgan fingerprint density at radius 1 is 1.43 bits per heavy atom. The summed E-state index contributed by atoms with van der Waals surface area (Å²) in [5, 5.41) is 12.4. The van der Waals surface area contributed by atoms with Crippen LogP contribution in [0.1, 0.15) is 30.0 Å². The summed E-state index contributed by atoms with van der Waals surface area (Å²) < 4.78 is 1.84. The number of rotatable bonds is 4. The molecule has 0 amide bonds. The maximum absolute atomic E-state index is 8.96. The second kappa shape index (κ2) is 5.43. The van der Waals surface area contributed by atoms with E-state index >= 15 is 0 Å². The van der Waals surface area contributed by atoms with Crippen molar-refractivity contribution in [2.45, 2.75) is 19.5 Å². The molecule has 0 bridgehead atoms. The van der Waals surface area contributed by atoms with E-state index in [-0.39, 0.29) is 6.04 Å². The van der Waals surface area contributed by atoms with E-state index in [0.717, 1.165) is 22.4 Å². The van der Waals surface area contributed by atoms with Gasteiger partial charge in [-0.25, -0.2) is 4.98 Å². The minimum absolute atomic E-state index is 0.114. The fourth-order valence-electron chi connectivity index (χ4n) is 2.39. The van der Waals surface area contributed by atoms with Gasteiger partial charge in [0.25, 0.3) is 0 Å². The molecule has 5 heteroatoms. The molecule has 3 rings (SSSR count). The molecule has 0 spiro atoms. The molecule has 0 fully saturated rings. The normalized spacial score (nSPS) is 12.4. The van der Waals surface area contributed by atoms with Crippen LogP contribution in [0.3, 0.4) is 0 Å². The fraction of sp³-hybridized carbons (Fsp3) is 0.250. The summed E-state index contributed by atoms with van der Waals surface area (Å²) in [4.78, 5) is 7.92. The van der Waals surface area contributed by atoms with Gasteiger partial charge in [-0.3, -0.25) is 0 Å². The van der Waals surface area contributed by atoms with E-state index in [9.17, 15) is 0 Å². The predicted octanol–water partition coefficient (Wildman–Crippen LogP) is 2.62. The van der Waals surface area contributed by atoms with Crippen molar-refractivity contribution in [3.8, 4) is 6.07 Å². The monoisotopic (exact) mass is 279 g/mol. The summed E-state index contributed by atoms with van der Waals surface area (Å²) >= 11 is 0. The molecule has 0 aliphatic rings. The molecule has 0 aliphatic heterocycles. The Morgan fingerprint density at radius 2 is 2.24 bits per heavy atom. The first-order chi connectivity index (χ1) is 10.2. The Kier molecular flexibility index (Phi) is 3.46. The number of fused-ring (bicyclic) bond motifs is 1. The van der Waals surface area contributed by atoms with Crippen LogP contribution in [0.5, 0.6) is 0 Å². The largest absolute Gasteiger partial charge is 0.342 e. The lowest BCUT2D eigenvalue weighted by Gasteiger charge is -2.10. The number of benzene rings is 1. The lowest BCUT2D eigenvalue weighted by atomic mass is 10.2. The Bertz CT molecular complexity index is 773. The van der Waals surface area contributed by atoms with E-state index in [4.69, 9.17) is 5.26 Å². The number of nitrogens with one attached hydrogen (secondary N) is 2. The zero-order valence-electron chi connectivity index (χ0n) is 12.1. The molecule has 2 heterocycles. The molecule has 3 aromatic rings. The van der Waals surface area contributed by atoms with Crippen molar-refractivity contribution in [3.05, 3.63) is 53.6 Å². The van der Waals surface area contributed by atoms with Gasteiger partial charge in [0.05, 0.1) is 17.1 Å². The van der Waals surface area contributed by atoms with Crippen LogP contribution < -0.4 is 5.32 Å². The third-order valence-electron chi connectivity index (χ3n) is 3.61. The van der Waals surface area contributed by atoms with Crippen molar-refractivity contribution in [1.82, 2.24) is 19.9 Å². The number of hydrogen-bond donors (Lipinski definition) is 2. The smallest absolute Gasteiger partial charge is 0.124 e. The first kappa shape index (κ1) is 13.4. The van der Waals surface area contributed by atoms with E-state index in [1.165, 1.54) is 0 Å². The molecule has 1 atom stereocenters. The van der Waals surface area contributed by atoms with Crippen LogP contribution in [-0.2, 0) is 13.6 Å². The van der Waals surface area contributed by atoms with Gasteiger partial charge in [-0.05, 0) is 30.7 Å². The van der Waals surface area contributed by atoms with E-state index in [1.54, 1.807) is 0 Å². The SMILES string of the molecule is CC(NCc1cc(C#N)n(C)c1)c1nc2ccccc2[nH]1. The highest BCUT2D eigenvalue weighted by atomic mass is 15.0. The zero-order valence-corrected chi connectivity index (χ0v) is 12.1. The molecule has 106 valence electrons. The number of hydrogen-bond acceptors (Lipinski definition) is 3. The minimum Gasteiger partial charge on any atom is -0.342 e. The molecular formula is C16H17N5. The summed E-state index contributed by atoms with van der Waals surface area (Å²) in [6.07, 6.45) is 1.97. The van der Waals surface area contributed by atoms with Crippen LogP contribution in [0.15, 0.2) is 36.5 Å². The Morgan fingerprint density at radius 3 is 2.95 bits per heavy atom. The minimum atomic E-state index is 0.114. The summed E-state index contributed by atoms with van der Waals surface area (Å²) in [5.41, 5.74) is 3.79. The first-order valence-corrected chi connectivity index (χ1v) is 6.91. The lowest BCUT2D eigenvalue weighted by Crippen LogP contribution is -2.18. The Labute approximate surface area is 123 Å². The van der Waals surface area contributed by atoms with Gasteiger partial charge in [-0.1, -0.05) is 12.1 Å². The molecular weight excluding hydrogens is 262 g/mol. The van der Waals surface area contributed by atoms with Crippen molar-refractivity contribution < 1.29 is 0 Å². The van der Waals surface area contributed by atoms with Crippen LogP contribution >= 0.6 is 0 Å². The molecule has 5 nitrogen and oxygen atoms in total. The molecule has 0 radical (unpaired) electrons. The summed E-state index contributed by atoms with van der Waals surface area (Å²) in [7, 11) is 1.88. The molecule has 21 heavy (non-hydrogen) atoms. The van der Waals surface area contributed by atoms with Crippen LogP contribution in [-0.4, -0.2) is 14.5 Å². The molecule has 0 saturated heterocycles. The van der Waals surface area contributed by atoms with Crippen LogP contribution in [0, 0.1) is 11.3 Å². The molecule has 1 unspecified atom stereocenters. The molecule has 0 aliphatic carbocycles. The molecule has 1 aromatic carbocycles. The topological polar surface area (TPSA) is 69.4 Å². The van der Waals surface area contributed by atoms with Gasteiger partial charge in [0.15, 0.2) is 0 Å². The van der Waals surface area contributed by atoms with Crippen LogP contribution in [0.25, 0.3) is 11.0 Å². The van der Waals surface area contributed by atoms with Gasteiger partial charge in [0.2, 0.25) is 0 Å². The molecule has 2 N–H and O–H groups in total. The number of aryl methyl sites for hydroxylation is 1. The van der Waals surface area contributed by atoms with Gasteiger partial charge >= 0.3 is 0 Å². The average Bonchev–Trinajstić information content (AvgIpc) is 3.07. The number of imidazole rings is 1. The lowest BCUT2D eigenvalue weighted by molar-refractivity contribution is 0.552. The number of nitriles is 1. The van der Waals surface area contributed by atoms with Gasteiger partial charge in [0, 0.05) is 19.8 Å². The fourth-order valence-corrected chi connectivity index (χ4v) is 2.39. The van der Waals surface area contributed by atoms with Crippen molar-refractivity contribution in [1.29, 1.82) is 5.26 Å². The van der Waals surface area contributed by atoms with Crippen molar-refractivity contribution in [2.75, 3.05) is 0 Å². The van der Waals surface area contributed by atoms with Crippen molar-refractivity contribution >= 4 is 11.0 Å². The highest BCUT2D eigenvalue weighted by Gasteiger charge is 2.11. The summed E-state index contributed by atoms with van der Waals surface area (Å²) in [5.74, 6) is 0.924. The number of aromatic amines is 1. The first-order valence-electron chi connectivity index (χ1n) is 6.91. The number of nitrogens with zero attached hydrogens (tertiary/aromatic N) is 3. The van der Waals surface area contributed by atoms with Gasteiger partial charge in [-0.2, -0.15) is 5.26 Å². The second-order valence-corrected chi connectivity index (χ2v) is 5.20. The Hall–Kier alpha value is -2.58. The standard InChI is InChI=1S/C16H17N5/c1-11(16-19-14-5-3-4-6-15(14)20-16)18-9-12-7-13(8-17)21(2)10-12/h3-7,10-11,18H,9H2,1-2H3,(H,19,20). The quantitative estimate of drug-likeness (QED) is 0.771. The average molecular weight is 279 g/mol. The highest BCUT2D eigenvalue weighted by Crippen LogP contribution is 2.16. The van der Waals surface area contributed by atoms with Crippen LogP contribution in [0.4, 0.5) is 0 Å². The summed E-state index contributed by atoms with van der Waals surface area (Å²) in [6.45, 7) is 2.78. The number of aromatic nitrogens is 3. The van der Waals surface area contributed by atoms with Crippen molar-refractivity contribution in [2.24, 2.45) is 7.05 Å². The highest BCUT2D eigenvalue weighted by molar-refractivity contribution is 5.74. The maximum Gasteiger partial charge on any atom is 0.124 e. The van der Waals surface area contributed by atoms with Gasteiger partial charge < -0.3 is 14.9 Å².